The smallest absolute Gasteiger partial charge is 0.337 e. The third-order valence-corrected chi connectivity index (χ3v) is 4.67. The molecule has 3 heterocycles. The molecule has 4 nitrogen and oxygen atoms in total. The molecule has 0 unspecified atom stereocenters. The summed E-state index contributed by atoms with van der Waals surface area (Å²) in [5, 5.41) is 0. The third-order valence-electron chi connectivity index (χ3n) is 4.67. The number of hydrogen-bond acceptors (Lipinski definition) is 3. The van der Waals surface area contributed by atoms with Gasteiger partial charge in [-0.2, -0.15) is 8.78 Å². The molecule has 1 amide bonds. The second-order valence-electron chi connectivity index (χ2n) is 5.99. The van der Waals surface area contributed by atoms with Crippen LogP contribution >= 0.6 is 0 Å². The van der Waals surface area contributed by atoms with Gasteiger partial charge in [-0.3, -0.25) is 4.79 Å². The highest BCUT2D eigenvalue weighted by Crippen LogP contribution is 2.40. The summed E-state index contributed by atoms with van der Waals surface area (Å²) in [6, 6.07) is 0. The number of piperidine rings is 2. The van der Waals surface area contributed by atoms with Crippen LogP contribution in [-0.2, 0) is 9.53 Å². The van der Waals surface area contributed by atoms with E-state index in [-0.39, 0.29) is 11.3 Å². The van der Waals surface area contributed by atoms with Crippen molar-refractivity contribution in [3.63, 3.8) is 0 Å². The molecule has 3 aliphatic heterocycles. The molecule has 6 heteroatoms. The summed E-state index contributed by atoms with van der Waals surface area (Å²) in [7, 11) is 0. The summed E-state index contributed by atoms with van der Waals surface area (Å²) < 4.78 is 28.5. The van der Waals surface area contributed by atoms with Crippen LogP contribution in [0.25, 0.3) is 0 Å². The minimum atomic E-state index is -2.74. The Labute approximate surface area is 111 Å². The van der Waals surface area contributed by atoms with Crippen molar-refractivity contribution in [2.45, 2.75) is 38.4 Å². The number of ether oxygens (including phenoxy) is 1. The van der Waals surface area contributed by atoms with E-state index >= 15 is 0 Å². The van der Waals surface area contributed by atoms with E-state index < -0.39 is 12.7 Å². The van der Waals surface area contributed by atoms with Crippen LogP contribution in [0.1, 0.15) is 25.7 Å². The second-order valence-corrected chi connectivity index (χ2v) is 5.99. The maximum atomic E-state index is 12.6. The molecule has 3 saturated heterocycles. The van der Waals surface area contributed by atoms with Gasteiger partial charge in [0.1, 0.15) is 0 Å². The standard InChI is InChI=1S/C13H20F2N2O2/c14-12(15)19-10-7-17(8-10)11(18)13-3-1-5-16(9-13)6-2-4-13/h10,12H,1-9H2. The molecule has 0 saturated carbocycles. The number of amides is 1. The summed E-state index contributed by atoms with van der Waals surface area (Å²) >= 11 is 0. The molecule has 108 valence electrons. The quantitative estimate of drug-likeness (QED) is 0.778. The molecule has 3 aliphatic rings. The van der Waals surface area contributed by atoms with Gasteiger partial charge < -0.3 is 14.5 Å². The first-order chi connectivity index (χ1) is 9.09. The predicted octanol–water partition coefficient (Wildman–Crippen LogP) is 1.31. The Kier molecular flexibility index (Phi) is 3.47. The van der Waals surface area contributed by atoms with Crippen molar-refractivity contribution in [2.75, 3.05) is 32.7 Å². The van der Waals surface area contributed by atoms with Crippen LogP contribution in [0.3, 0.4) is 0 Å². The largest absolute Gasteiger partial charge is 0.345 e. The summed E-state index contributed by atoms with van der Waals surface area (Å²) in [5.74, 6) is 0.158. The zero-order valence-corrected chi connectivity index (χ0v) is 11.0. The van der Waals surface area contributed by atoms with Crippen molar-refractivity contribution in [1.29, 1.82) is 0 Å². The lowest BCUT2D eigenvalue weighted by molar-refractivity contribution is -0.204. The van der Waals surface area contributed by atoms with Crippen LogP contribution in [0.4, 0.5) is 8.78 Å². The van der Waals surface area contributed by atoms with Gasteiger partial charge in [-0.1, -0.05) is 0 Å². The zero-order chi connectivity index (χ0) is 13.5. The second kappa shape index (κ2) is 4.98. The highest BCUT2D eigenvalue weighted by atomic mass is 19.3. The molecule has 19 heavy (non-hydrogen) atoms. The Morgan fingerprint density at radius 3 is 2.42 bits per heavy atom. The molecule has 2 bridgehead atoms. The van der Waals surface area contributed by atoms with Crippen molar-refractivity contribution in [3.05, 3.63) is 0 Å². The Balaban J connectivity index is 1.58. The first-order valence-electron chi connectivity index (χ1n) is 7.04. The lowest BCUT2D eigenvalue weighted by Crippen LogP contribution is -2.63. The lowest BCUT2D eigenvalue weighted by Gasteiger charge is -2.50. The van der Waals surface area contributed by atoms with Crippen LogP contribution in [0.5, 0.6) is 0 Å². The SMILES string of the molecule is O=C(N1CC(OC(F)F)C1)C12CCCN(CCC1)C2. The van der Waals surface area contributed by atoms with Crippen LogP contribution in [0.2, 0.25) is 0 Å². The van der Waals surface area contributed by atoms with Gasteiger partial charge in [-0.15, -0.1) is 0 Å². The molecule has 0 aliphatic carbocycles. The maximum Gasteiger partial charge on any atom is 0.345 e. The van der Waals surface area contributed by atoms with Crippen molar-refractivity contribution in [2.24, 2.45) is 5.41 Å². The van der Waals surface area contributed by atoms with E-state index in [0.717, 1.165) is 45.3 Å². The molecule has 0 N–H and O–H groups in total. The van der Waals surface area contributed by atoms with E-state index in [1.54, 1.807) is 4.90 Å². The van der Waals surface area contributed by atoms with Gasteiger partial charge in [0.05, 0.1) is 11.5 Å². The Bertz CT molecular complexity index is 349. The molecule has 3 rings (SSSR count). The van der Waals surface area contributed by atoms with Crippen LogP contribution in [-0.4, -0.2) is 61.1 Å². The van der Waals surface area contributed by atoms with Gasteiger partial charge in [0.2, 0.25) is 5.91 Å². The fraction of sp³-hybridized carbons (Fsp3) is 0.923. The van der Waals surface area contributed by atoms with Crippen molar-refractivity contribution >= 4 is 5.91 Å². The van der Waals surface area contributed by atoms with E-state index in [9.17, 15) is 13.6 Å². The molecule has 0 aromatic carbocycles. The Morgan fingerprint density at radius 1 is 1.21 bits per heavy atom. The van der Waals surface area contributed by atoms with Crippen LogP contribution in [0, 0.1) is 5.41 Å². The predicted molar refractivity (Wildman–Crippen MR) is 64.8 cm³/mol. The van der Waals surface area contributed by atoms with Gasteiger partial charge in [0.25, 0.3) is 0 Å². The normalized spacial score (nSPS) is 35.3. The van der Waals surface area contributed by atoms with Gasteiger partial charge in [0.15, 0.2) is 0 Å². The minimum absolute atomic E-state index is 0.158. The Morgan fingerprint density at radius 2 is 1.84 bits per heavy atom. The van der Waals surface area contributed by atoms with Crippen LogP contribution < -0.4 is 0 Å². The number of halogens is 2. The first-order valence-corrected chi connectivity index (χ1v) is 7.04. The number of likely N-dealkylation sites (tertiary alicyclic amines) is 1. The summed E-state index contributed by atoms with van der Waals surface area (Å²) in [6.07, 6.45) is 3.54. The number of carbonyl (C=O) groups is 1. The molecular weight excluding hydrogens is 254 g/mol. The van der Waals surface area contributed by atoms with E-state index in [1.165, 1.54) is 0 Å². The number of nitrogens with zero attached hydrogens (tertiary/aromatic N) is 2. The first kappa shape index (κ1) is 13.2. The summed E-state index contributed by atoms with van der Waals surface area (Å²) in [4.78, 5) is 16.7. The molecule has 0 aromatic heterocycles. The van der Waals surface area contributed by atoms with Gasteiger partial charge in [-0.05, 0) is 38.8 Å². The summed E-state index contributed by atoms with van der Waals surface area (Å²) in [6.45, 7) is 0.942. The number of alkyl halides is 2. The minimum Gasteiger partial charge on any atom is -0.337 e. The number of hydrogen-bond donors (Lipinski definition) is 0. The van der Waals surface area contributed by atoms with Crippen molar-refractivity contribution in [1.82, 2.24) is 9.80 Å². The fourth-order valence-electron chi connectivity index (χ4n) is 3.72. The van der Waals surface area contributed by atoms with Gasteiger partial charge >= 0.3 is 6.61 Å². The molecule has 0 radical (unpaired) electrons. The van der Waals surface area contributed by atoms with E-state index in [0.29, 0.717) is 13.1 Å². The highest BCUT2D eigenvalue weighted by Gasteiger charge is 2.48. The average molecular weight is 274 g/mol. The molecular formula is C13H20F2N2O2. The van der Waals surface area contributed by atoms with E-state index in [1.807, 2.05) is 0 Å². The van der Waals surface area contributed by atoms with Gasteiger partial charge in [-0.25, -0.2) is 0 Å². The van der Waals surface area contributed by atoms with Gasteiger partial charge in [0, 0.05) is 19.6 Å². The summed E-state index contributed by atoms with van der Waals surface area (Å²) in [5.41, 5.74) is -0.244. The van der Waals surface area contributed by atoms with E-state index in [4.69, 9.17) is 0 Å². The van der Waals surface area contributed by atoms with Crippen molar-refractivity contribution < 1.29 is 18.3 Å². The third kappa shape index (κ3) is 2.48. The monoisotopic (exact) mass is 274 g/mol. The lowest BCUT2D eigenvalue weighted by atomic mass is 9.72. The number of carbonyl (C=O) groups excluding carboxylic acids is 1. The average Bonchev–Trinajstić information content (AvgIpc) is 2.32. The fourth-order valence-corrected chi connectivity index (χ4v) is 3.72. The van der Waals surface area contributed by atoms with Crippen LogP contribution in [0.15, 0.2) is 0 Å². The molecule has 0 atom stereocenters. The molecule has 0 spiro atoms. The topological polar surface area (TPSA) is 32.8 Å². The molecule has 3 fully saturated rings. The highest BCUT2D eigenvalue weighted by molar-refractivity contribution is 5.84. The maximum absolute atomic E-state index is 12.6. The van der Waals surface area contributed by atoms with E-state index in [2.05, 4.69) is 9.64 Å². The Hall–Kier alpha value is -0.750. The zero-order valence-electron chi connectivity index (χ0n) is 11.0. The van der Waals surface area contributed by atoms with Crippen molar-refractivity contribution in [3.8, 4) is 0 Å². The number of fused-ring (bicyclic) bond motifs is 2. The molecule has 0 aromatic rings. The number of rotatable bonds is 3.